The van der Waals surface area contributed by atoms with Gasteiger partial charge < -0.3 is 70.1 Å². The molecule has 0 radical (unpaired) electrons. The number of imidazole rings is 1. The zero-order chi connectivity index (χ0) is 63.4. The number of H-pyrrole nitrogens is 1. The number of fused-ring (bicyclic) bond motifs is 1. The van der Waals surface area contributed by atoms with Gasteiger partial charge in [-0.1, -0.05) is 24.6 Å². The molecule has 2 aromatic carbocycles. The first kappa shape index (κ1) is 69.8. The fourth-order valence-corrected chi connectivity index (χ4v) is 11.5. The van der Waals surface area contributed by atoms with E-state index in [1.54, 1.807) is 15.9 Å². The van der Waals surface area contributed by atoms with Crippen molar-refractivity contribution >= 4 is 57.9 Å². The van der Waals surface area contributed by atoms with Crippen LogP contribution in [0.25, 0.3) is 33.5 Å². The summed E-state index contributed by atoms with van der Waals surface area (Å²) in [7, 11) is 0. The molecular weight excluding hydrogens is 1160 g/mol. The van der Waals surface area contributed by atoms with Gasteiger partial charge in [-0.25, -0.2) is 14.4 Å². The number of β-amino-alcohol motifs (C(OH)–C–C–N with tert-alkyl or cyclic N) is 2. The average molecular weight is 1250 g/mol. The van der Waals surface area contributed by atoms with E-state index in [9.17, 15) is 39.6 Å². The molecule has 1 atom stereocenters. The SMILES string of the molecule is CCC(C)(CCOCCOCCNC(=O)CN1CCN(CC(=O)O)CCN(CC(=O)O)CCN(CC(O)O)CC1)OCCC(C)(C)OCCC(=O)N1CCN(c2ncc(-c3cc(C)cc(F)c3)c(N3CCC(N)CC3)c2-c2nc3ccc(Cl)cc3[nH]2)CC1. The van der Waals surface area contributed by atoms with E-state index in [4.69, 9.17) is 46.3 Å². The van der Waals surface area contributed by atoms with Crippen LogP contribution in [0.3, 0.4) is 0 Å². The fourth-order valence-electron chi connectivity index (χ4n) is 11.3. The summed E-state index contributed by atoms with van der Waals surface area (Å²) < 4.78 is 39.5. The minimum Gasteiger partial charge on any atom is -0.480 e. The van der Waals surface area contributed by atoms with Gasteiger partial charge in [0.15, 0.2) is 6.29 Å². The number of hydrogen-bond donors (Lipinski definition) is 7. The molecule has 3 aliphatic heterocycles. The number of amides is 2. The maximum Gasteiger partial charge on any atom is 0.317 e. The summed E-state index contributed by atoms with van der Waals surface area (Å²) in [6.07, 6.45) is 4.13. The lowest BCUT2D eigenvalue weighted by Crippen LogP contribution is -2.50. The van der Waals surface area contributed by atoms with E-state index in [0.29, 0.717) is 142 Å². The lowest BCUT2D eigenvalue weighted by molar-refractivity contribution is -0.140. The van der Waals surface area contributed by atoms with Crippen LogP contribution in [-0.2, 0) is 38.1 Å². The number of piperidine rings is 1. The van der Waals surface area contributed by atoms with Crippen LogP contribution < -0.4 is 20.9 Å². The minimum atomic E-state index is -1.59. The molecule has 88 heavy (non-hydrogen) atoms. The number of benzene rings is 2. The van der Waals surface area contributed by atoms with Crippen molar-refractivity contribution in [2.24, 2.45) is 5.73 Å². The molecule has 2 aromatic heterocycles. The van der Waals surface area contributed by atoms with E-state index in [0.717, 1.165) is 64.1 Å². The summed E-state index contributed by atoms with van der Waals surface area (Å²) in [4.78, 5) is 77.2. The number of hydrogen-bond acceptors (Lipinski definition) is 19. The second-order valence-corrected chi connectivity index (χ2v) is 24.6. The van der Waals surface area contributed by atoms with Gasteiger partial charge in [-0.3, -0.25) is 38.8 Å². The molecule has 3 fully saturated rings. The molecule has 0 bridgehead atoms. The predicted octanol–water partition coefficient (Wildman–Crippen LogP) is 3.97. The van der Waals surface area contributed by atoms with Crippen LogP contribution in [0.2, 0.25) is 5.02 Å². The number of ether oxygens (including phenoxy) is 4. The lowest BCUT2D eigenvalue weighted by atomic mass is 9.96. The topological polar surface area (TPSA) is 288 Å². The molecule has 1 unspecified atom stereocenters. The number of carbonyl (C=O) groups is 4. The van der Waals surface area contributed by atoms with E-state index in [-0.39, 0.29) is 76.0 Å². The van der Waals surface area contributed by atoms with Crippen molar-refractivity contribution in [2.45, 2.75) is 96.7 Å². The Balaban J connectivity index is 0.811. The Morgan fingerprint density at radius 2 is 1.39 bits per heavy atom. The number of pyridine rings is 1. The molecule has 2 amide bonds. The molecule has 7 rings (SSSR count). The zero-order valence-corrected chi connectivity index (χ0v) is 52.8. The van der Waals surface area contributed by atoms with Crippen molar-refractivity contribution in [3.05, 3.63) is 59.0 Å². The van der Waals surface area contributed by atoms with Crippen molar-refractivity contribution < 1.29 is 62.9 Å². The Morgan fingerprint density at radius 1 is 0.761 bits per heavy atom. The van der Waals surface area contributed by atoms with Crippen LogP contribution in [-0.4, -0.2) is 271 Å². The van der Waals surface area contributed by atoms with Gasteiger partial charge in [0.05, 0.1) is 92.6 Å². The quantitative estimate of drug-likeness (QED) is 0.0287. The number of carboxylic acid groups (broad SMARTS) is 2. The number of piperazine rings is 1. The summed E-state index contributed by atoms with van der Waals surface area (Å²) in [5.41, 5.74) is 11.0. The summed E-state index contributed by atoms with van der Waals surface area (Å²) in [5.74, 6) is -1.22. The number of aryl methyl sites for hydroxylation is 1. The van der Waals surface area contributed by atoms with E-state index in [2.05, 4.69) is 33.9 Å². The van der Waals surface area contributed by atoms with Crippen LogP contribution in [0.15, 0.2) is 42.6 Å². The van der Waals surface area contributed by atoms with E-state index >= 15 is 4.39 Å². The normalized spacial score (nSPS) is 17.7. The number of rotatable bonds is 30. The van der Waals surface area contributed by atoms with Gasteiger partial charge in [0, 0.05) is 134 Å². The van der Waals surface area contributed by atoms with E-state index in [1.165, 1.54) is 6.07 Å². The Hall–Kier alpha value is -5.68. The highest BCUT2D eigenvalue weighted by Gasteiger charge is 2.33. The van der Waals surface area contributed by atoms with Gasteiger partial charge >= 0.3 is 11.9 Å². The van der Waals surface area contributed by atoms with Crippen molar-refractivity contribution in [1.82, 2.24) is 44.8 Å². The van der Waals surface area contributed by atoms with Crippen LogP contribution >= 0.6 is 11.6 Å². The highest BCUT2D eigenvalue weighted by atomic mass is 35.5. The molecule has 26 heteroatoms. The van der Waals surface area contributed by atoms with Gasteiger partial charge in [0.2, 0.25) is 11.8 Å². The summed E-state index contributed by atoms with van der Waals surface area (Å²) >= 11 is 6.44. The molecule has 0 spiro atoms. The first-order valence-electron chi connectivity index (χ1n) is 30.9. The number of aliphatic hydroxyl groups excluding tert-OH is 1. The fraction of sp³-hybridized carbons (Fsp3) is 0.645. The monoisotopic (exact) mass is 1250 g/mol. The zero-order valence-electron chi connectivity index (χ0n) is 52.0. The molecule has 0 saturated carbocycles. The molecule has 0 aliphatic carbocycles. The van der Waals surface area contributed by atoms with Gasteiger partial charge in [-0.15, -0.1) is 0 Å². The highest BCUT2D eigenvalue weighted by Crippen LogP contribution is 2.45. The van der Waals surface area contributed by atoms with Gasteiger partial charge in [-0.2, -0.15) is 0 Å². The maximum atomic E-state index is 15.1. The van der Waals surface area contributed by atoms with Gasteiger partial charge in [0.1, 0.15) is 17.5 Å². The van der Waals surface area contributed by atoms with Gasteiger partial charge in [-0.05, 0) is 101 Å². The van der Waals surface area contributed by atoms with Crippen molar-refractivity contribution in [1.29, 1.82) is 0 Å². The third kappa shape index (κ3) is 22.1. The van der Waals surface area contributed by atoms with Crippen LogP contribution in [0.4, 0.5) is 15.9 Å². The number of aromatic nitrogens is 3. The number of aliphatic carboxylic acids is 2. The largest absolute Gasteiger partial charge is 0.480 e. The molecule has 4 aromatic rings. The summed E-state index contributed by atoms with van der Waals surface area (Å²) in [6.45, 7) is 18.2. The third-order valence-electron chi connectivity index (χ3n) is 16.7. The predicted molar refractivity (Wildman–Crippen MR) is 335 cm³/mol. The molecular formula is C62H94ClFN12O12. The van der Waals surface area contributed by atoms with E-state index < -0.39 is 29.4 Å². The number of aliphatic hydroxyl groups is 2. The van der Waals surface area contributed by atoms with Crippen molar-refractivity contribution in [3.8, 4) is 22.5 Å². The second kappa shape index (κ2) is 33.9. The van der Waals surface area contributed by atoms with Gasteiger partial charge in [0.25, 0.3) is 0 Å². The van der Waals surface area contributed by atoms with Crippen molar-refractivity contribution in [3.63, 3.8) is 0 Å². The highest BCUT2D eigenvalue weighted by molar-refractivity contribution is 6.31. The average Bonchev–Trinajstić information content (AvgIpc) is 1.56. The molecule has 488 valence electrons. The maximum absolute atomic E-state index is 15.1. The Bertz CT molecular complexity index is 2870. The first-order valence-corrected chi connectivity index (χ1v) is 31.3. The molecule has 3 saturated heterocycles. The number of halogens is 2. The summed E-state index contributed by atoms with van der Waals surface area (Å²) in [5, 5.41) is 41.8. The van der Waals surface area contributed by atoms with E-state index in [1.807, 2.05) is 65.9 Å². The number of carboxylic acids is 2. The Kier molecular flexibility index (Phi) is 26.9. The molecule has 24 nitrogen and oxygen atoms in total. The smallest absolute Gasteiger partial charge is 0.317 e. The Morgan fingerprint density at radius 3 is 2.00 bits per heavy atom. The number of nitrogens with zero attached hydrogens (tertiary/aromatic N) is 9. The number of nitrogens with one attached hydrogen (secondary N) is 2. The summed E-state index contributed by atoms with van der Waals surface area (Å²) in [6, 6.07) is 10.7. The number of nitrogens with two attached hydrogens (primary N) is 1. The number of carbonyl (C=O) groups excluding carboxylic acids is 2. The second-order valence-electron chi connectivity index (χ2n) is 24.2. The molecule has 5 heterocycles. The number of anilines is 2. The number of aromatic amines is 1. The van der Waals surface area contributed by atoms with Crippen LogP contribution in [0.5, 0.6) is 0 Å². The minimum absolute atomic E-state index is 0.0156. The first-order chi connectivity index (χ1) is 42.0. The molecule has 3 aliphatic rings. The van der Waals surface area contributed by atoms with Crippen molar-refractivity contribution in [2.75, 3.05) is 174 Å². The van der Waals surface area contributed by atoms with Crippen LogP contribution in [0, 0.1) is 12.7 Å². The third-order valence-corrected chi connectivity index (χ3v) is 17.0. The van der Waals surface area contributed by atoms with Crippen LogP contribution in [0.1, 0.15) is 71.8 Å². The Labute approximate surface area is 521 Å². The molecule has 8 N–H and O–H groups in total. The standard InChI is InChI=1S/C62H94ClFN12O12/c1-6-62(5,13-30-85-33-34-86-32-14-66-52(77)40-70-17-19-71(41-54(79)80)21-23-73(43-56(83)84)24-22-72(20-18-70)42-55(81)82)88-31-12-61(3,4)87-29-11-53(78)74-25-27-76(28-26-74)60-57(59-68-50-8-7-46(63)38-51(50)69-59)58(75-15-9-48(65)10-16-75)49(39-67-60)45-35-44(2)36-47(64)37-45/h7-8,35-39,48,54,79-80H,6,9-34,40-43,65H2,1-5H3,(H,66,77)(H,68,69)(H,81,82)(H,83,84). The lowest BCUT2D eigenvalue weighted by Gasteiger charge is -2.39.